The van der Waals surface area contributed by atoms with Gasteiger partial charge in [-0.15, -0.1) is 0 Å². The number of carbonyl (C=O) groups is 3. The quantitative estimate of drug-likeness (QED) is 0.261. The lowest BCUT2D eigenvalue weighted by molar-refractivity contribution is -0.138. The number of alkyl halides is 3. The number of hydrogen-bond donors (Lipinski definition) is 2. The zero-order chi connectivity index (χ0) is 19.2. The summed E-state index contributed by atoms with van der Waals surface area (Å²) in [5.41, 5.74) is -2.12. The first-order chi connectivity index (χ1) is 11.6. The average molecular weight is 378 g/mol. The third-order valence-electron chi connectivity index (χ3n) is 3.14. The number of nitrogens with one attached hydrogen (secondary N) is 2. The Balaban J connectivity index is 3.19. The first-order valence-corrected chi connectivity index (χ1v) is 7.67. The molecule has 0 aliphatic carbocycles. The fourth-order valence-electron chi connectivity index (χ4n) is 1.96. The lowest BCUT2D eigenvalue weighted by Crippen LogP contribution is -2.28. The van der Waals surface area contributed by atoms with Gasteiger partial charge in [0.15, 0.2) is 5.62 Å². The number of likely N-dealkylation sites (N-methyl/N-ethyl adjacent to an activating group) is 1. The van der Waals surface area contributed by atoms with Crippen molar-refractivity contribution in [3.8, 4) is 0 Å². The predicted octanol–water partition coefficient (Wildman–Crippen LogP) is 2.40. The van der Waals surface area contributed by atoms with Gasteiger partial charge in [-0.25, -0.2) is 4.39 Å². The van der Waals surface area contributed by atoms with Crippen LogP contribution in [0.3, 0.4) is 0 Å². The van der Waals surface area contributed by atoms with Crippen molar-refractivity contribution in [2.45, 2.75) is 19.6 Å². The second kappa shape index (κ2) is 8.65. The summed E-state index contributed by atoms with van der Waals surface area (Å²) in [7, 11) is 1.24. The van der Waals surface area contributed by atoms with Gasteiger partial charge in [0.25, 0.3) is 5.91 Å². The Kier molecular flexibility index (Phi) is 7.16. The van der Waals surface area contributed by atoms with E-state index in [4.69, 9.17) is 0 Å². The summed E-state index contributed by atoms with van der Waals surface area (Å²) in [6.07, 6.45) is -4.76. The highest BCUT2D eigenvalue weighted by Crippen LogP contribution is 2.33. The van der Waals surface area contributed by atoms with Crippen molar-refractivity contribution in [3.05, 3.63) is 46.4 Å². The van der Waals surface area contributed by atoms with Gasteiger partial charge in [0.1, 0.15) is 11.4 Å². The molecule has 1 rings (SSSR count). The first kappa shape index (κ1) is 20.7. The van der Waals surface area contributed by atoms with Gasteiger partial charge in [-0.2, -0.15) is 13.2 Å². The SMILES string of the molecule is CNC(=O)C(C(=O)SC=O)=C(C)NCc1c(F)cccc1C(F)(F)F. The largest absolute Gasteiger partial charge is 0.416 e. The van der Waals surface area contributed by atoms with Gasteiger partial charge in [-0.3, -0.25) is 14.4 Å². The molecule has 0 heterocycles. The molecule has 0 radical (unpaired) electrons. The molecular weight excluding hydrogens is 364 g/mol. The lowest BCUT2D eigenvalue weighted by Gasteiger charge is -2.16. The van der Waals surface area contributed by atoms with Crippen LogP contribution >= 0.6 is 11.8 Å². The van der Waals surface area contributed by atoms with Gasteiger partial charge >= 0.3 is 6.18 Å². The van der Waals surface area contributed by atoms with Gasteiger partial charge in [-0.05, 0) is 30.8 Å². The number of thioether (sulfide) groups is 1. The zero-order valence-electron chi connectivity index (χ0n) is 13.2. The molecule has 1 aromatic carbocycles. The van der Waals surface area contributed by atoms with E-state index in [0.29, 0.717) is 0 Å². The average Bonchev–Trinajstić information content (AvgIpc) is 2.52. The number of hydrogen-bond acceptors (Lipinski definition) is 5. The molecule has 10 heteroatoms. The summed E-state index contributed by atoms with van der Waals surface area (Å²) in [6.45, 7) is 0.662. The van der Waals surface area contributed by atoms with Crippen molar-refractivity contribution < 1.29 is 31.9 Å². The number of halogens is 4. The Bertz CT molecular complexity index is 717. The van der Waals surface area contributed by atoms with Crippen LogP contribution in [0, 0.1) is 5.82 Å². The Labute approximate surface area is 144 Å². The third-order valence-corrected chi connectivity index (χ3v) is 3.66. The van der Waals surface area contributed by atoms with Gasteiger partial charge in [0.2, 0.25) is 5.12 Å². The fraction of sp³-hybridized carbons (Fsp3) is 0.267. The van der Waals surface area contributed by atoms with Crippen molar-refractivity contribution in [1.82, 2.24) is 10.6 Å². The molecule has 0 aliphatic rings. The molecule has 0 atom stereocenters. The Morgan fingerprint density at radius 2 is 1.92 bits per heavy atom. The normalized spacial score (nSPS) is 12.2. The molecule has 25 heavy (non-hydrogen) atoms. The van der Waals surface area contributed by atoms with E-state index in [2.05, 4.69) is 10.6 Å². The minimum absolute atomic E-state index is 0.0879. The van der Waals surface area contributed by atoms with Crippen LogP contribution in [0.1, 0.15) is 18.1 Å². The van der Waals surface area contributed by atoms with Gasteiger partial charge in [0, 0.05) is 24.9 Å². The Morgan fingerprint density at radius 3 is 2.44 bits per heavy atom. The molecule has 0 aromatic heterocycles. The van der Waals surface area contributed by atoms with Crippen molar-refractivity contribution in [2.24, 2.45) is 0 Å². The van der Waals surface area contributed by atoms with Gasteiger partial charge in [-0.1, -0.05) is 6.07 Å². The summed E-state index contributed by atoms with van der Waals surface area (Å²) < 4.78 is 52.7. The Morgan fingerprint density at radius 1 is 1.28 bits per heavy atom. The van der Waals surface area contributed by atoms with Crippen LogP contribution in [0.4, 0.5) is 17.6 Å². The van der Waals surface area contributed by atoms with Crippen molar-refractivity contribution in [2.75, 3.05) is 7.05 Å². The molecule has 0 saturated heterocycles. The summed E-state index contributed by atoms with van der Waals surface area (Å²) in [6, 6.07) is 2.54. The van der Waals surface area contributed by atoms with E-state index in [9.17, 15) is 31.9 Å². The van der Waals surface area contributed by atoms with E-state index < -0.39 is 46.3 Å². The standard InChI is InChI=1S/C15H14F4N2O3S/c1-8(12(13(23)20-2)14(24)25-7-22)21-6-9-10(15(17,18)19)4-3-5-11(9)16/h3-5,7,21H,6H2,1-2H3,(H,20,23). The van der Waals surface area contributed by atoms with Crippen LogP contribution in [-0.4, -0.2) is 23.7 Å². The number of amides is 1. The number of benzene rings is 1. The van der Waals surface area contributed by atoms with E-state index >= 15 is 0 Å². The maximum absolute atomic E-state index is 13.8. The molecule has 1 amide bonds. The number of rotatable bonds is 6. The van der Waals surface area contributed by atoms with Gasteiger partial charge < -0.3 is 10.6 Å². The monoisotopic (exact) mass is 378 g/mol. The molecule has 1 aromatic rings. The molecule has 0 saturated carbocycles. The maximum Gasteiger partial charge on any atom is 0.416 e. The summed E-state index contributed by atoms with van der Waals surface area (Å²) >= 11 is 0.211. The summed E-state index contributed by atoms with van der Waals surface area (Å²) in [5.74, 6) is -1.90. The number of allylic oxidation sites excluding steroid dienone is 1. The highest BCUT2D eigenvalue weighted by molar-refractivity contribution is 8.25. The summed E-state index contributed by atoms with van der Waals surface area (Å²) in [4.78, 5) is 34.0. The minimum Gasteiger partial charge on any atom is -0.384 e. The van der Waals surface area contributed by atoms with Crippen molar-refractivity contribution in [3.63, 3.8) is 0 Å². The minimum atomic E-state index is -4.76. The fourth-order valence-corrected chi connectivity index (χ4v) is 2.41. The maximum atomic E-state index is 13.8. The van der Waals surface area contributed by atoms with Crippen LogP contribution < -0.4 is 10.6 Å². The van der Waals surface area contributed by atoms with Crippen molar-refractivity contribution >= 4 is 28.4 Å². The molecule has 0 unspecified atom stereocenters. The zero-order valence-corrected chi connectivity index (χ0v) is 14.0. The van der Waals surface area contributed by atoms with Crippen LogP contribution in [0.5, 0.6) is 0 Å². The van der Waals surface area contributed by atoms with E-state index in [1.165, 1.54) is 14.0 Å². The highest BCUT2D eigenvalue weighted by atomic mass is 32.2. The van der Waals surface area contributed by atoms with Crippen molar-refractivity contribution in [1.29, 1.82) is 0 Å². The highest BCUT2D eigenvalue weighted by Gasteiger charge is 2.34. The van der Waals surface area contributed by atoms with E-state index in [1.54, 1.807) is 0 Å². The third kappa shape index (κ3) is 5.31. The second-order valence-corrected chi connectivity index (χ2v) is 5.50. The molecule has 0 fully saturated rings. The van der Waals surface area contributed by atoms with Crippen LogP contribution in [0.25, 0.3) is 0 Å². The molecular formula is C15H14F4N2O3S. The number of carbonyl (C=O) groups excluding carboxylic acids is 3. The molecule has 2 N–H and O–H groups in total. The Hall–Kier alpha value is -2.36. The molecule has 0 aliphatic heterocycles. The van der Waals surface area contributed by atoms with E-state index in [0.717, 1.165) is 18.2 Å². The lowest BCUT2D eigenvalue weighted by atomic mass is 10.1. The second-order valence-electron chi connectivity index (χ2n) is 4.70. The van der Waals surface area contributed by atoms with Crippen LogP contribution in [-0.2, 0) is 27.1 Å². The van der Waals surface area contributed by atoms with E-state index in [-0.39, 0.29) is 23.1 Å². The van der Waals surface area contributed by atoms with Crippen LogP contribution in [0.15, 0.2) is 29.5 Å². The molecule has 5 nitrogen and oxygen atoms in total. The van der Waals surface area contributed by atoms with Gasteiger partial charge in [0.05, 0.1) is 5.56 Å². The molecule has 136 valence electrons. The van der Waals surface area contributed by atoms with E-state index in [1.807, 2.05) is 0 Å². The van der Waals surface area contributed by atoms with Crippen LogP contribution in [0.2, 0.25) is 0 Å². The first-order valence-electron chi connectivity index (χ1n) is 6.79. The molecule has 0 bridgehead atoms. The smallest absolute Gasteiger partial charge is 0.384 e. The summed E-state index contributed by atoms with van der Waals surface area (Å²) in [5, 5.41) is 3.74. The topological polar surface area (TPSA) is 75.3 Å². The predicted molar refractivity (Wildman–Crippen MR) is 84.4 cm³/mol. The molecule has 0 spiro atoms.